The van der Waals surface area contributed by atoms with Gasteiger partial charge in [0.2, 0.25) is 17.6 Å². The summed E-state index contributed by atoms with van der Waals surface area (Å²) in [6, 6.07) is 9.71. The Morgan fingerprint density at radius 1 is 1.12 bits per heavy atom. The Bertz CT molecular complexity index is 1200. The van der Waals surface area contributed by atoms with Crippen LogP contribution in [0.5, 0.6) is 5.75 Å². The molecule has 0 aliphatic rings. The number of aromatic nitrogens is 4. The van der Waals surface area contributed by atoms with Crippen molar-refractivity contribution in [3.63, 3.8) is 0 Å². The molecule has 0 atom stereocenters. The van der Waals surface area contributed by atoms with Crippen LogP contribution in [0.4, 0.5) is 13.9 Å². The van der Waals surface area contributed by atoms with Crippen molar-refractivity contribution in [2.45, 2.75) is 26.4 Å². The van der Waals surface area contributed by atoms with Crippen molar-refractivity contribution in [3.05, 3.63) is 59.6 Å². The first-order chi connectivity index (χ1) is 15.5. The summed E-state index contributed by atoms with van der Waals surface area (Å²) in [5.41, 5.74) is 2.17. The van der Waals surface area contributed by atoms with Gasteiger partial charge in [-0.25, -0.2) is 4.98 Å². The zero-order valence-corrected chi connectivity index (χ0v) is 17.6. The molecule has 0 fully saturated rings. The Morgan fingerprint density at radius 3 is 2.59 bits per heavy atom. The monoisotopic (exact) mass is 457 g/mol. The molecule has 0 saturated heterocycles. The van der Waals surface area contributed by atoms with Crippen molar-refractivity contribution in [2.75, 3.05) is 5.32 Å². The summed E-state index contributed by atoms with van der Waals surface area (Å²) in [5, 5.41) is 7.12. The molecule has 4 aromatic rings. The third kappa shape index (κ3) is 5.30. The highest BCUT2D eigenvalue weighted by Gasteiger charge is 2.15. The predicted molar refractivity (Wildman–Crippen MR) is 113 cm³/mol. The van der Waals surface area contributed by atoms with Gasteiger partial charge >= 0.3 is 6.61 Å². The second kappa shape index (κ2) is 9.60. The Labute approximate surface area is 185 Å². The SMILES string of the molecule is Cc1sc(NC(=O)CCc2nc(-c3ccncc3)no2)nc1-c1ccc(OC(F)F)cc1. The van der Waals surface area contributed by atoms with Gasteiger partial charge in [-0.2, -0.15) is 13.8 Å². The van der Waals surface area contributed by atoms with E-state index >= 15 is 0 Å². The number of ether oxygens (including phenoxy) is 1. The van der Waals surface area contributed by atoms with Gasteiger partial charge in [0.25, 0.3) is 0 Å². The summed E-state index contributed by atoms with van der Waals surface area (Å²) in [7, 11) is 0. The Balaban J connectivity index is 1.35. The van der Waals surface area contributed by atoms with E-state index < -0.39 is 6.61 Å². The normalized spacial score (nSPS) is 11.0. The van der Waals surface area contributed by atoms with Gasteiger partial charge in [0.1, 0.15) is 5.75 Å². The first-order valence-corrected chi connectivity index (χ1v) is 10.3. The fourth-order valence-corrected chi connectivity index (χ4v) is 3.74. The van der Waals surface area contributed by atoms with E-state index in [0.29, 0.717) is 22.5 Å². The van der Waals surface area contributed by atoms with E-state index in [1.54, 1.807) is 36.7 Å². The second-order valence-electron chi connectivity index (χ2n) is 6.62. The smallest absolute Gasteiger partial charge is 0.387 e. The van der Waals surface area contributed by atoms with Crippen molar-refractivity contribution < 1.29 is 22.8 Å². The fraction of sp³-hybridized carbons (Fsp3) is 0.190. The van der Waals surface area contributed by atoms with Crippen molar-refractivity contribution in [3.8, 4) is 28.4 Å². The number of nitrogens with one attached hydrogen (secondary N) is 1. The van der Waals surface area contributed by atoms with Crippen LogP contribution in [0.1, 0.15) is 17.2 Å². The zero-order chi connectivity index (χ0) is 22.5. The van der Waals surface area contributed by atoms with Crippen molar-refractivity contribution >= 4 is 22.4 Å². The van der Waals surface area contributed by atoms with Gasteiger partial charge in [0.15, 0.2) is 5.13 Å². The maximum Gasteiger partial charge on any atom is 0.387 e. The Morgan fingerprint density at radius 2 is 1.88 bits per heavy atom. The molecular weight excluding hydrogens is 440 g/mol. The van der Waals surface area contributed by atoms with E-state index in [1.165, 1.54) is 23.5 Å². The van der Waals surface area contributed by atoms with Crippen LogP contribution >= 0.6 is 11.3 Å². The van der Waals surface area contributed by atoms with Crippen LogP contribution in [0.3, 0.4) is 0 Å². The second-order valence-corrected chi connectivity index (χ2v) is 7.83. The molecular formula is C21H17F2N5O3S. The van der Waals surface area contributed by atoms with E-state index in [9.17, 15) is 13.6 Å². The fourth-order valence-electron chi connectivity index (χ4n) is 2.89. The molecule has 0 bridgehead atoms. The number of pyridine rings is 1. The third-order valence-corrected chi connectivity index (χ3v) is 5.25. The lowest BCUT2D eigenvalue weighted by atomic mass is 10.1. The number of alkyl halides is 2. The van der Waals surface area contributed by atoms with Gasteiger partial charge in [0.05, 0.1) is 5.69 Å². The summed E-state index contributed by atoms with van der Waals surface area (Å²) < 4.78 is 34.1. The summed E-state index contributed by atoms with van der Waals surface area (Å²) >= 11 is 1.32. The van der Waals surface area contributed by atoms with Crippen molar-refractivity contribution in [2.24, 2.45) is 0 Å². The van der Waals surface area contributed by atoms with E-state index in [1.807, 2.05) is 6.92 Å². The van der Waals surface area contributed by atoms with Gasteiger partial charge < -0.3 is 14.6 Å². The van der Waals surface area contributed by atoms with Gasteiger partial charge in [-0.15, -0.1) is 11.3 Å². The molecule has 0 radical (unpaired) electrons. The highest BCUT2D eigenvalue weighted by molar-refractivity contribution is 7.16. The molecule has 3 aromatic heterocycles. The number of anilines is 1. The minimum Gasteiger partial charge on any atom is -0.435 e. The lowest BCUT2D eigenvalue weighted by Crippen LogP contribution is -2.12. The molecule has 3 heterocycles. The minimum atomic E-state index is -2.88. The molecule has 1 aromatic carbocycles. The maximum atomic E-state index is 12.3. The molecule has 0 spiro atoms. The van der Waals surface area contributed by atoms with Crippen LogP contribution < -0.4 is 10.1 Å². The number of benzene rings is 1. The number of hydrogen-bond donors (Lipinski definition) is 1. The molecule has 32 heavy (non-hydrogen) atoms. The molecule has 0 aliphatic carbocycles. The van der Waals surface area contributed by atoms with E-state index in [-0.39, 0.29) is 24.5 Å². The number of hydrogen-bond acceptors (Lipinski definition) is 8. The molecule has 1 amide bonds. The molecule has 4 rings (SSSR count). The first kappa shape index (κ1) is 21.5. The summed E-state index contributed by atoms with van der Waals surface area (Å²) in [6.45, 7) is -1.01. The number of amides is 1. The summed E-state index contributed by atoms with van der Waals surface area (Å²) in [5.74, 6) is 0.620. The molecule has 0 saturated carbocycles. The molecule has 1 N–H and O–H groups in total. The van der Waals surface area contributed by atoms with Gasteiger partial charge in [-0.05, 0) is 43.3 Å². The predicted octanol–water partition coefficient (Wildman–Crippen LogP) is 4.74. The van der Waals surface area contributed by atoms with Crippen molar-refractivity contribution in [1.29, 1.82) is 0 Å². The van der Waals surface area contributed by atoms with Gasteiger partial charge in [-0.1, -0.05) is 5.16 Å². The lowest BCUT2D eigenvalue weighted by Gasteiger charge is -2.05. The van der Waals surface area contributed by atoms with Crippen LogP contribution in [0.15, 0.2) is 53.3 Å². The number of thiazole rings is 1. The minimum absolute atomic E-state index is 0.0678. The topological polar surface area (TPSA) is 103 Å². The van der Waals surface area contributed by atoms with Crippen LogP contribution in [-0.2, 0) is 11.2 Å². The van der Waals surface area contributed by atoms with E-state index in [0.717, 1.165) is 16.0 Å². The molecule has 8 nitrogen and oxygen atoms in total. The Kier molecular flexibility index (Phi) is 6.45. The van der Waals surface area contributed by atoms with E-state index in [2.05, 4.69) is 30.2 Å². The van der Waals surface area contributed by atoms with Crippen molar-refractivity contribution in [1.82, 2.24) is 20.1 Å². The average molecular weight is 457 g/mol. The van der Waals surface area contributed by atoms with Crippen LogP contribution in [0.25, 0.3) is 22.6 Å². The number of carbonyl (C=O) groups excluding carboxylic acids is 1. The zero-order valence-electron chi connectivity index (χ0n) is 16.8. The summed E-state index contributed by atoms with van der Waals surface area (Å²) in [4.78, 5) is 25.9. The average Bonchev–Trinajstić information content (AvgIpc) is 3.40. The van der Waals surface area contributed by atoms with Gasteiger partial charge in [-0.3, -0.25) is 9.78 Å². The number of nitrogens with zero attached hydrogens (tertiary/aromatic N) is 4. The molecule has 0 unspecified atom stereocenters. The largest absolute Gasteiger partial charge is 0.435 e. The number of aryl methyl sites for hydroxylation is 2. The standard InChI is InChI=1S/C21H17F2N5O3S/c1-12-18(13-2-4-15(5-3-13)30-20(22)23)27-21(32-12)25-16(29)6-7-17-26-19(28-31-17)14-8-10-24-11-9-14/h2-5,8-11,20H,6-7H2,1H3,(H,25,27,29). The number of carbonyl (C=O) groups is 1. The third-order valence-electron chi connectivity index (χ3n) is 4.37. The highest BCUT2D eigenvalue weighted by atomic mass is 32.1. The highest BCUT2D eigenvalue weighted by Crippen LogP contribution is 2.31. The lowest BCUT2D eigenvalue weighted by molar-refractivity contribution is -0.116. The van der Waals surface area contributed by atoms with Crippen LogP contribution in [0, 0.1) is 6.92 Å². The van der Waals surface area contributed by atoms with Crippen LogP contribution in [0.2, 0.25) is 0 Å². The molecule has 0 aliphatic heterocycles. The van der Waals surface area contributed by atoms with E-state index in [4.69, 9.17) is 4.52 Å². The first-order valence-electron chi connectivity index (χ1n) is 9.53. The maximum absolute atomic E-state index is 12.3. The van der Waals surface area contributed by atoms with Crippen LogP contribution in [-0.4, -0.2) is 32.6 Å². The Hall–Kier alpha value is -3.73. The number of rotatable bonds is 8. The number of halogens is 2. The molecule has 11 heteroatoms. The van der Waals surface area contributed by atoms with Gasteiger partial charge in [0, 0.05) is 41.2 Å². The quantitative estimate of drug-likeness (QED) is 0.408. The summed E-state index contributed by atoms with van der Waals surface area (Å²) in [6.07, 6.45) is 3.70. The molecule has 164 valence electrons.